The van der Waals surface area contributed by atoms with Crippen LogP contribution < -0.4 is 9.64 Å². The summed E-state index contributed by atoms with van der Waals surface area (Å²) in [4.78, 5) is 15.1. The summed E-state index contributed by atoms with van der Waals surface area (Å²) in [5, 5.41) is 4.62. The summed E-state index contributed by atoms with van der Waals surface area (Å²) >= 11 is 0. The Morgan fingerprint density at radius 1 is 1.13 bits per heavy atom. The van der Waals surface area contributed by atoms with E-state index >= 15 is 0 Å². The standard InChI is InChI=1S/C23H23N3O4S/c1-30-19-8-6-17(7-9-19)22-14-20(24-26(22)18-11-13-31(28,29)15-18)23(27)25-12-10-16-4-2-3-5-21(16)25/h2-9,14,18H,10-13,15H2,1H3. The van der Waals surface area contributed by atoms with E-state index in [9.17, 15) is 13.2 Å². The monoisotopic (exact) mass is 437 g/mol. The Hall–Kier alpha value is -3.13. The van der Waals surface area contributed by atoms with Gasteiger partial charge >= 0.3 is 0 Å². The van der Waals surface area contributed by atoms with Crippen molar-refractivity contribution in [3.63, 3.8) is 0 Å². The third-order valence-electron chi connectivity index (χ3n) is 6.03. The van der Waals surface area contributed by atoms with Crippen LogP contribution in [0.1, 0.15) is 28.5 Å². The third-order valence-corrected chi connectivity index (χ3v) is 7.78. The van der Waals surface area contributed by atoms with Crippen LogP contribution in [0.25, 0.3) is 11.3 Å². The summed E-state index contributed by atoms with van der Waals surface area (Å²) in [7, 11) is -1.49. The zero-order chi connectivity index (χ0) is 21.6. The van der Waals surface area contributed by atoms with E-state index in [1.54, 1.807) is 22.8 Å². The molecule has 8 heteroatoms. The number of benzene rings is 2. The van der Waals surface area contributed by atoms with Crippen LogP contribution in [0.15, 0.2) is 54.6 Å². The van der Waals surface area contributed by atoms with E-state index in [0.717, 1.165) is 34.7 Å². The van der Waals surface area contributed by atoms with Gasteiger partial charge in [-0.3, -0.25) is 9.48 Å². The highest BCUT2D eigenvalue weighted by Crippen LogP contribution is 2.33. The normalized spacial score (nSPS) is 19.4. The number of rotatable bonds is 4. The van der Waals surface area contributed by atoms with Crippen LogP contribution in [-0.4, -0.2) is 49.3 Å². The quantitative estimate of drug-likeness (QED) is 0.626. The van der Waals surface area contributed by atoms with Crippen molar-refractivity contribution < 1.29 is 17.9 Å². The van der Waals surface area contributed by atoms with Crippen molar-refractivity contribution >= 4 is 21.4 Å². The number of anilines is 1. The molecule has 0 bridgehead atoms. The molecule has 0 N–H and O–H groups in total. The van der Waals surface area contributed by atoms with Crippen molar-refractivity contribution in [1.82, 2.24) is 9.78 Å². The molecule has 1 unspecified atom stereocenters. The van der Waals surface area contributed by atoms with Crippen molar-refractivity contribution in [3.05, 3.63) is 65.9 Å². The largest absolute Gasteiger partial charge is 0.497 e. The molecule has 160 valence electrons. The van der Waals surface area contributed by atoms with Gasteiger partial charge in [-0.1, -0.05) is 18.2 Å². The van der Waals surface area contributed by atoms with Crippen LogP contribution in [0, 0.1) is 0 Å². The van der Waals surface area contributed by atoms with Gasteiger partial charge in [0, 0.05) is 17.8 Å². The Balaban J connectivity index is 1.55. The predicted octanol–water partition coefficient (Wildman–Crippen LogP) is 3.12. The maximum atomic E-state index is 13.4. The number of carbonyl (C=O) groups is 1. The van der Waals surface area contributed by atoms with Gasteiger partial charge < -0.3 is 9.64 Å². The van der Waals surface area contributed by atoms with Crippen molar-refractivity contribution in [2.45, 2.75) is 18.9 Å². The minimum absolute atomic E-state index is 0.0397. The highest BCUT2D eigenvalue weighted by molar-refractivity contribution is 7.91. The predicted molar refractivity (Wildman–Crippen MR) is 118 cm³/mol. The molecule has 1 aromatic heterocycles. The van der Waals surface area contributed by atoms with Gasteiger partial charge in [0.1, 0.15) is 5.75 Å². The number of hydrogen-bond donors (Lipinski definition) is 0. The molecule has 0 spiro atoms. The lowest BCUT2D eigenvalue weighted by Gasteiger charge is -2.16. The van der Waals surface area contributed by atoms with Gasteiger partial charge in [0.05, 0.1) is 30.4 Å². The molecular formula is C23H23N3O4S. The van der Waals surface area contributed by atoms with Gasteiger partial charge in [-0.15, -0.1) is 0 Å². The summed E-state index contributed by atoms with van der Waals surface area (Å²) in [5.41, 5.74) is 3.98. The fourth-order valence-electron chi connectivity index (χ4n) is 4.41. The molecule has 1 saturated heterocycles. The second kappa shape index (κ2) is 7.53. The second-order valence-electron chi connectivity index (χ2n) is 7.98. The lowest BCUT2D eigenvalue weighted by atomic mass is 10.1. The smallest absolute Gasteiger partial charge is 0.278 e. The number of fused-ring (bicyclic) bond motifs is 1. The Morgan fingerprint density at radius 2 is 1.90 bits per heavy atom. The highest BCUT2D eigenvalue weighted by Gasteiger charge is 2.33. The average molecular weight is 438 g/mol. The number of carbonyl (C=O) groups excluding carboxylic acids is 1. The number of aromatic nitrogens is 2. The first-order valence-corrected chi connectivity index (χ1v) is 12.1. The first-order chi connectivity index (χ1) is 14.9. The first-order valence-electron chi connectivity index (χ1n) is 10.3. The molecule has 3 aromatic rings. The van der Waals surface area contributed by atoms with E-state index < -0.39 is 9.84 Å². The second-order valence-corrected chi connectivity index (χ2v) is 10.2. The van der Waals surface area contributed by atoms with E-state index in [1.165, 1.54) is 0 Å². The summed E-state index contributed by atoms with van der Waals surface area (Å²) < 4.78 is 31.2. The Bertz CT molecular complexity index is 1250. The van der Waals surface area contributed by atoms with Gasteiger partial charge in [0.2, 0.25) is 0 Å². The fourth-order valence-corrected chi connectivity index (χ4v) is 6.10. The van der Waals surface area contributed by atoms with E-state index in [1.807, 2.05) is 48.5 Å². The summed E-state index contributed by atoms with van der Waals surface area (Å²) in [6, 6.07) is 16.9. The number of ether oxygens (including phenoxy) is 1. The number of para-hydroxylation sites is 1. The molecule has 0 aliphatic carbocycles. The molecule has 2 aliphatic heterocycles. The van der Waals surface area contributed by atoms with Crippen molar-refractivity contribution in [2.75, 3.05) is 30.1 Å². The third kappa shape index (κ3) is 3.61. The molecule has 2 aliphatic rings. The molecule has 1 amide bonds. The van der Waals surface area contributed by atoms with Gasteiger partial charge in [-0.2, -0.15) is 5.10 Å². The van der Waals surface area contributed by atoms with Crippen LogP contribution in [-0.2, 0) is 16.3 Å². The molecule has 0 radical (unpaired) electrons. The van der Waals surface area contributed by atoms with E-state index in [2.05, 4.69) is 5.10 Å². The summed E-state index contributed by atoms with van der Waals surface area (Å²) in [6.45, 7) is 0.612. The maximum absolute atomic E-state index is 13.4. The minimum Gasteiger partial charge on any atom is -0.497 e. The molecule has 5 rings (SSSR count). The fraction of sp³-hybridized carbons (Fsp3) is 0.304. The number of nitrogens with zero attached hydrogens (tertiary/aromatic N) is 3. The molecule has 1 atom stereocenters. The summed E-state index contributed by atoms with van der Waals surface area (Å²) in [5.74, 6) is 0.739. The van der Waals surface area contributed by atoms with Gasteiger partial charge in [0.25, 0.3) is 5.91 Å². The Morgan fingerprint density at radius 3 is 2.61 bits per heavy atom. The lowest BCUT2D eigenvalue weighted by Crippen LogP contribution is -2.29. The maximum Gasteiger partial charge on any atom is 0.278 e. The van der Waals surface area contributed by atoms with Crippen LogP contribution >= 0.6 is 0 Å². The Kier molecular flexibility index (Phi) is 4.81. The zero-order valence-electron chi connectivity index (χ0n) is 17.2. The van der Waals surface area contributed by atoms with E-state index in [0.29, 0.717) is 18.7 Å². The van der Waals surface area contributed by atoms with Crippen LogP contribution in [0.5, 0.6) is 5.75 Å². The van der Waals surface area contributed by atoms with Crippen LogP contribution in [0.2, 0.25) is 0 Å². The van der Waals surface area contributed by atoms with Crippen molar-refractivity contribution in [2.24, 2.45) is 0 Å². The number of hydrogen-bond acceptors (Lipinski definition) is 5. The molecule has 2 aromatic carbocycles. The summed E-state index contributed by atoms with van der Waals surface area (Å²) in [6.07, 6.45) is 1.31. The highest BCUT2D eigenvalue weighted by atomic mass is 32.2. The SMILES string of the molecule is COc1ccc(-c2cc(C(=O)N3CCc4ccccc43)nn2C2CCS(=O)(=O)C2)cc1. The molecule has 3 heterocycles. The van der Waals surface area contributed by atoms with Crippen molar-refractivity contribution in [1.29, 1.82) is 0 Å². The van der Waals surface area contributed by atoms with Gasteiger partial charge in [-0.05, 0) is 54.8 Å². The molecule has 0 saturated carbocycles. The topological polar surface area (TPSA) is 81.5 Å². The van der Waals surface area contributed by atoms with Crippen LogP contribution in [0.3, 0.4) is 0 Å². The lowest BCUT2D eigenvalue weighted by molar-refractivity contribution is 0.0983. The van der Waals surface area contributed by atoms with Crippen LogP contribution in [0.4, 0.5) is 5.69 Å². The Labute approximate surface area is 181 Å². The van der Waals surface area contributed by atoms with Gasteiger partial charge in [-0.25, -0.2) is 8.42 Å². The number of methoxy groups -OCH3 is 1. The molecule has 1 fully saturated rings. The van der Waals surface area contributed by atoms with E-state index in [4.69, 9.17) is 4.74 Å². The number of amides is 1. The zero-order valence-corrected chi connectivity index (χ0v) is 18.0. The molecule has 31 heavy (non-hydrogen) atoms. The van der Waals surface area contributed by atoms with E-state index in [-0.39, 0.29) is 23.5 Å². The molecular weight excluding hydrogens is 414 g/mol. The number of sulfone groups is 1. The first kappa shape index (κ1) is 19.8. The minimum atomic E-state index is -3.10. The van der Waals surface area contributed by atoms with Gasteiger partial charge in [0.15, 0.2) is 15.5 Å². The average Bonchev–Trinajstić information content (AvgIpc) is 3.49. The van der Waals surface area contributed by atoms with Crippen molar-refractivity contribution in [3.8, 4) is 17.0 Å². The molecule has 7 nitrogen and oxygen atoms in total.